The summed E-state index contributed by atoms with van der Waals surface area (Å²) in [6.07, 6.45) is -3.12. The molecule has 6 nitrogen and oxygen atoms in total. The maximum atomic E-state index is 12.9. The minimum atomic E-state index is -4.69. The summed E-state index contributed by atoms with van der Waals surface area (Å²) in [6.45, 7) is -0.658. The molecule has 1 amide bonds. The van der Waals surface area contributed by atoms with E-state index in [1.165, 1.54) is 0 Å². The molecule has 31 heavy (non-hydrogen) atoms. The van der Waals surface area contributed by atoms with Crippen molar-refractivity contribution in [2.75, 3.05) is 6.54 Å². The van der Waals surface area contributed by atoms with E-state index in [2.05, 4.69) is 10.3 Å². The van der Waals surface area contributed by atoms with Gasteiger partial charge in [0.25, 0.3) is 0 Å². The molecule has 0 fully saturated rings. The van der Waals surface area contributed by atoms with Gasteiger partial charge in [-0.2, -0.15) is 13.2 Å². The van der Waals surface area contributed by atoms with Crippen LogP contribution >= 0.6 is 0 Å². The quantitative estimate of drug-likeness (QED) is 0.580. The van der Waals surface area contributed by atoms with Crippen LogP contribution < -0.4 is 10.0 Å². The molecule has 0 saturated carbocycles. The van der Waals surface area contributed by atoms with Crippen molar-refractivity contribution < 1.29 is 26.4 Å². The number of aromatic nitrogens is 1. The summed E-state index contributed by atoms with van der Waals surface area (Å²) in [6, 6.07) is 16.8. The number of carbonyl (C=O) groups is 1. The van der Waals surface area contributed by atoms with Gasteiger partial charge in [0.05, 0.1) is 28.7 Å². The Morgan fingerprint density at radius 3 is 2.32 bits per heavy atom. The molecule has 2 aromatic carbocycles. The Labute approximate surface area is 177 Å². The van der Waals surface area contributed by atoms with E-state index in [0.29, 0.717) is 11.8 Å². The molecule has 0 aliphatic rings. The first kappa shape index (κ1) is 22.4. The van der Waals surface area contributed by atoms with E-state index in [-0.39, 0.29) is 0 Å². The summed E-state index contributed by atoms with van der Waals surface area (Å²) >= 11 is 0. The van der Waals surface area contributed by atoms with Gasteiger partial charge in [0.2, 0.25) is 15.9 Å². The lowest BCUT2D eigenvalue weighted by Gasteiger charge is -2.19. The molecular weight excluding hydrogens is 431 g/mol. The molecule has 1 atom stereocenters. The number of carbonyl (C=O) groups excluding carboxylic acids is 1. The number of halogens is 3. The summed E-state index contributed by atoms with van der Waals surface area (Å²) < 4.78 is 65.3. The largest absolute Gasteiger partial charge is 0.416 e. The zero-order valence-electron chi connectivity index (χ0n) is 16.0. The van der Waals surface area contributed by atoms with Gasteiger partial charge in [-0.3, -0.25) is 9.78 Å². The molecule has 0 bridgehead atoms. The normalized spacial score (nSPS) is 12.9. The van der Waals surface area contributed by atoms with Crippen molar-refractivity contribution in [3.8, 4) is 0 Å². The van der Waals surface area contributed by atoms with Crippen LogP contribution in [0.3, 0.4) is 0 Å². The number of sulfonamides is 1. The first-order valence-electron chi connectivity index (χ1n) is 9.09. The van der Waals surface area contributed by atoms with E-state index in [1.54, 1.807) is 48.7 Å². The molecule has 1 heterocycles. The lowest BCUT2D eigenvalue weighted by atomic mass is 10.0. The number of pyridine rings is 1. The maximum Gasteiger partial charge on any atom is 0.416 e. The van der Waals surface area contributed by atoms with E-state index in [1.807, 2.05) is 10.8 Å². The summed E-state index contributed by atoms with van der Waals surface area (Å²) in [5.41, 5.74) is 0.178. The first-order valence-corrected chi connectivity index (χ1v) is 10.6. The molecule has 0 radical (unpaired) electrons. The van der Waals surface area contributed by atoms with Gasteiger partial charge >= 0.3 is 6.18 Å². The van der Waals surface area contributed by atoms with Gasteiger partial charge in [-0.1, -0.05) is 42.5 Å². The average molecular weight is 449 g/mol. The minimum Gasteiger partial charge on any atom is -0.342 e. The molecule has 3 rings (SSSR count). The monoisotopic (exact) mass is 449 g/mol. The molecule has 0 aliphatic heterocycles. The summed E-state index contributed by atoms with van der Waals surface area (Å²) in [5.74, 6) is -0.671. The third kappa shape index (κ3) is 5.89. The van der Waals surface area contributed by atoms with Crippen molar-refractivity contribution in [1.82, 2.24) is 15.0 Å². The summed E-state index contributed by atoms with van der Waals surface area (Å²) in [7, 11) is -4.33. The van der Waals surface area contributed by atoms with Crippen LogP contribution in [0.2, 0.25) is 0 Å². The van der Waals surface area contributed by atoms with Gasteiger partial charge < -0.3 is 5.32 Å². The second-order valence-corrected chi connectivity index (χ2v) is 8.28. The number of hydrogen-bond donors (Lipinski definition) is 2. The SMILES string of the molecule is O=C(CNS(=O)(=O)c1cccc(C(F)(F)F)c1)NC(c1ccccc1)c1ccccn1. The smallest absolute Gasteiger partial charge is 0.342 e. The van der Waals surface area contributed by atoms with Gasteiger partial charge in [-0.05, 0) is 35.9 Å². The molecule has 0 aliphatic carbocycles. The number of hydrogen-bond acceptors (Lipinski definition) is 4. The van der Waals surface area contributed by atoms with E-state index < -0.39 is 45.2 Å². The van der Waals surface area contributed by atoms with E-state index in [9.17, 15) is 26.4 Å². The van der Waals surface area contributed by atoms with Crippen molar-refractivity contribution in [2.24, 2.45) is 0 Å². The molecular formula is C21H18F3N3O3S. The zero-order valence-corrected chi connectivity index (χ0v) is 16.8. The summed E-state index contributed by atoms with van der Waals surface area (Å²) in [4.78, 5) is 16.1. The van der Waals surface area contributed by atoms with Crippen LogP contribution in [-0.4, -0.2) is 25.9 Å². The minimum absolute atomic E-state index is 0.515. The van der Waals surface area contributed by atoms with Crippen molar-refractivity contribution in [3.63, 3.8) is 0 Å². The number of nitrogens with zero attached hydrogens (tertiary/aromatic N) is 1. The van der Waals surface area contributed by atoms with Crippen LogP contribution in [0.25, 0.3) is 0 Å². The van der Waals surface area contributed by atoms with Crippen LogP contribution in [0.1, 0.15) is 22.9 Å². The van der Waals surface area contributed by atoms with Crippen molar-refractivity contribution in [2.45, 2.75) is 17.1 Å². The fraction of sp³-hybridized carbons (Fsp3) is 0.143. The average Bonchev–Trinajstić information content (AvgIpc) is 2.77. The van der Waals surface area contributed by atoms with Crippen LogP contribution in [0.15, 0.2) is 83.9 Å². The lowest BCUT2D eigenvalue weighted by Crippen LogP contribution is -2.39. The highest BCUT2D eigenvalue weighted by Crippen LogP contribution is 2.30. The Morgan fingerprint density at radius 2 is 1.68 bits per heavy atom. The van der Waals surface area contributed by atoms with Gasteiger partial charge in [0, 0.05) is 6.20 Å². The van der Waals surface area contributed by atoms with Crippen molar-refractivity contribution >= 4 is 15.9 Å². The fourth-order valence-electron chi connectivity index (χ4n) is 2.82. The van der Waals surface area contributed by atoms with E-state index in [4.69, 9.17) is 0 Å². The number of amides is 1. The third-order valence-electron chi connectivity index (χ3n) is 4.32. The standard InChI is InChI=1S/C21H18F3N3O3S/c22-21(23,24)16-9-6-10-17(13-16)31(29,30)26-14-19(28)27-20(15-7-2-1-3-8-15)18-11-4-5-12-25-18/h1-13,20,26H,14H2,(H,27,28). The molecule has 10 heteroatoms. The Kier molecular flexibility index (Phi) is 6.71. The molecule has 162 valence electrons. The van der Waals surface area contributed by atoms with Crippen LogP contribution in [0.5, 0.6) is 0 Å². The Hall–Kier alpha value is -3.24. The van der Waals surface area contributed by atoms with Crippen LogP contribution in [0.4, 0.5) is 13.2 Å². The first-order chi connectivity index (χ1) is 14.7. The molecule has 0 spiro atoms. The Balaban J connectivity index is 1.73. The summed E-state index contributed by atoms with van der Waals surface area (Å²) in [5, 5.41) is 2.70. The van der Waals surface area contributed by atoms with E-state index in [0.717, 1.165) is 23.8 Å². The Bertz CT molecular complexity index is 1100. The lowest BCUT2D eigenvalue weighted by molar-refractivity contribution is -0.137. The molecule has 1 aromatic heterocycles. The fourth-order valence-corrected chi connectivity index (χ4v) is 3.84. The second kappa shape index (κ2) is 9.27. The predicted molar refractivity (Wildman–Crippen MR) is 107 cm³/mol. The third-order valence-corrected chi connectivity index (χ3v) is 5.72. The number of benzene rings is 2. The topological polar surface area (TPSA) is 88.2 Å². The van der Waals surface area contributed by atoms with Gasteiger partial charge in [-0.15, -0.1) is 0 Å². The maximum absolute atomic E-state index is 12.9. The highest BCUT2D eigenvalue weighted by Gasteiger charge is 2.31. The van der Waals surface area contributed by atoms with Gasteiger partial charge in [-0.25, -0.2) is 13.1 Å². The van der Waals surface area contributed by atoms with Gasteiger partial charge in [0.1, 0.15) is 0 Å². The highest BCUT2D eigenvalue weighted by molar-refractivity contribution is 7.89. The second-order valence-electron chi connectivity index (χ2n) is 6.52. The zero-order chi connectivity index (χ0) is 22.5. The van der Waals surface area contributed by atoms with Crippen molar-refractivity contribution in [3.05, 3.63) is 95.8 Å². The number of nitrogens with one attached hydrogen (secondary N) is 2. The Morgan fingerprint density at radius 1 is 0.968 bits per heavy atom. The highest BCUT2D eigenvalue weighted by atomic mass is 32.2. The van der Waals surface area contributed by atoms with E-state index >= 15 is 0 Å². The number of alkyl halides is 3. The van der Waals surface area contributed by atoms with Gasteiger partial charge in [0.15, 0.2) is 0 Å². The van der Waals surface area contributed by atoms with Crippen LogP contribution in [0, 0.1) is 0 Å². The predicted octanol–water partition coefficient (Wildman–Crippen LogP) is 3.28. The molecule has 3 aromatic rings. The number of rotatable bonds is 7. The van der Waals surface area contributed by atoms with Crippen LogP contribution in [-0.2, 0) is 21.0 Å². The molecule has 0 saturated heterocycles. The molecule has 1 unspecified atom stereocenters. The van der Waals surface area contributed by atoms with Crippen molar-refractivity contribution in [1.29, 1.82) is 0 Å². The molecule has 2 N–H and O–H groups in total.